The summed E-state index contributed by atoms with van der Waals surface area (Å²) in [5.74, 6) is -0.607. The minimum absolute atomic E-state index is 0.0100. The lowest BCUT2D eigenvalue weighted by Crippen LogP contribution is -2.40. The molecule has 1 N–H and O–H groups in total. The number of nitrogens with one attached hydrogen (secondary N) is 1. The third-order valence-electron chi connectivity index (χ3n) is 4.15. The molecule has 0 atom stereocenters. The Labute approximate surface area is 170 Å². The lowest BCUT2D eigenvalue weighted by Gasteiger charge is -2.26. The number of halogens is 2. The maximum atomic E-state index is 13.8. The van der Waals surface area contributed by atoms with Crippen LogP contribution in [0.1, 0.15) is 5.56 Å². The molecule has 0 radical (unpaired) electrons. The molecule has 3 rings (SSSR count). The quantitative estimate of drug-likeness (QED) is 0.418. The summed E-state index contributed by atoms with van der Waals surface area (Å²) >= 11 is 5.89. The van der Waals surface area contributed by atoms with Gasteiger partial charge in [-0.3, -0.25) is 15.5 Å². The summed E-state index contributed by atoms with van der Waals surface area (Å²) in [6, 6.07) is 7.53. The fraction of sp³-hybridized carbons (Fsp3) is 0.235. The zero-order valence-corrected chi connectivity index (χ0v) is 16.5. The van der Waals surface area contributed by atoms with Gasteiger partial charge in [-0.2, -0.15) is 9.41 Å². The van der Waals surface area contributed by atoms with E-state index in [0.29, 0.717) is 0 Å². The molecule has 29 heavy (non-hydrogen) atoms. The van der Waals surface area contributed by atoms with Gasteiger partial charge in [0.05, 0.1) is 34.3 Å². The maximum Gasteiger partial charge on any atom is 0.295 e. The molecule has 1 saturated heterocycles. The number of hydrazone groups is 1. The van der Waals surface area contributed by atoms with Crippen LogP contribution in [0.4, 0.5) is 15.8 Å². The average Bonchev–Trinajstić information content (AvgIpc) is 2.70. The lowest BCUT2D eigenvalue weighted by atomic mass is 10.2. The van der Waals surface area contributed by atoms with E-state index in [1.54, 1.807) is 0 Å². The van der Waals surface area contributed by atoms with Gasteiger partial charge < -0.3 is 4.74 Å². The molecular weight excluding hydrogens is 427 g/mol. The molecule has 2 aromatic rings. The van der Waals surface area contributed by atoms with Crippen molar-refractivity contribution in [1.82, 2.24) is 4.31 Å². The highest BCUT2D eigenvalue weighted by molar-refractivity contribution is 7.89. The number of benzene rings is 2. The summed E-state index contributed by atoms with van der Waals surface area (Å²) in [5, 5.41) is 15.3. The Morgan fingerprint density at radius 3 is 2.66 bits per heavy atom. The second-order valence-electron chi connectivity index (χ2n) is 5.96. The number of nitrogens with zero attached hydrogens (tertiary/aromatic N) is 3. The van der Waals surface area contributed by atoms with E-state index in [1.807, 2.05) is 0 Å². The smallest absolute Gasteiger partial charge is 0.295 e. The van der Waals surface area contributed by atoms with E-state index in [2.05, 4.69) is 10.5 Å². The summed E-state index contributed by atoms with van der Waals surface area (Å²) in [6.07, 6.45) is 1.08. The molecule has 0 unspecified atom stereocenters. The molecule has 1 aliphatic rings. The second-order valence-corrected chi connectivity index (χ2v) is 8.30. The predicted octanol–water partition coefficient (Wildman–Crippen LogP) is 2.85. The van der Waals surface area contributed by atoms with E-state index < -0.39 is 26.5 Å². The van der Waals surface area contributed by atoms with Gasteiger partial charge in [0.25, 0.3) is 5.69 Å². The molecule has 0 bridgehead atoms. The standard InChI is InChI=1S/C17H16ClFN4O5S/c18-14-2-1-3-15(19)13(14)11-20-21-16-5-4-12(10-17(16)23(24)25)29(26,27)22-6-8-28-9-7-22/h1-5,10-11,21H,6-9H2/b20-11-. The Morgan fingerprint density at radius 1 is 1.28 bits per heavy atom. The molecule has 0 amide bonds. The highest BCUT2D eigenvalue weighted by atomic mass is 35.5. The molecule has 9 nitrogen and oxygen atoms in total. The fourth-order valence-corrected chi connectivity index (χ4v) is 4.29. The normalized spacial score (nSPS) is 15.5. The summed E-state index contributed by atoms with van der Waals surface area (Å²) in [6.45, 7) is 0.857. The summed E-state index contributed by atoms with van der Waals surface area (Å²) < 4.78 is 45.5. The Bertz CT molecular complexity index is 1040. The monoisotopic (exact) mass is 442 g/mol. The first-order valence-corrected chi connectivity index (χ1v) is 10.2. The molecule has 0 aliphatic carbocycles. The number of nitro groups is 1. The van der Waals surface area contributed by atoms with Crippen molar-refractivity contribution >= 4 is 39.2 Å². The van der Waals surface area contributed by atoms with Gasteiger partial charge in [0.15, 0.2) is 0 Å². The molecular formula is C17H16ClFN4O5S. The first-order chi connectivity index (χ1) is 13.8. The largest absolute Gasteiger partial charge is 0.379 e. The number of ether oxygens (including phenoxy) is 1. The molecule has 1 heterocycles. The molecule has 154 valence electrons. The molecule has 1 fully saturated rings. The predicted molar refractivity (Wildman–Crippen MR) is 105 cm³/mol. The Balaban J connectivity index is 1.87. The minimum atomic E-state index is -3.89. The van der Waals surface area contributed by atoms with Crippen LogP contribution in [-0.4, -0.2) is 50.2 Å². The van der Waals surface area contributed by atoms with Gasteiger partial charge in [0.1, 0.15) is 11.5 Å². The number of hydrogen-bond donors (Lipinski definition) is 1. The minimum Gasteiger partial charge on any atom is -0.379 e. The van der Waals surface area contributed by atoms with Crippen molar-refractivity contribution in [3.05, 3.63) is 62.9 Å². The molecule has 0 saturated carbocycles. The molecule has 2 aromatic carbocycles. The zero-order chi connectivity index (χ0) is 21.0. The van der Waals surface area contributed by atoms with E-state index in [1.165, 1.54) is 34.6 Å². The van der Waals surface area contributed by atoms with Gasteiger partial charge >= 0.3 is 0 Å². The number of sulfonamides is 1. The van der Waals surface area contributed by atoms with E-state index in [-0.39, 0.29) is 47.5 Å². The number of anilines is 1. The SMILES string of the molecule is O=[N+]([O-])c1cc(S(=O)(=O)N2CCOCC2)ccc1N/N=C\c1c(F)cccc1Cl. The summed E-state index contributed by atoms with van der Waals surface area (Å²) in [4.78, 5) is 10.5. The Hall–Kier alpha value is -2.60. The van der Waals surface area contributed by atoms with Crippen molar-refractivity contribution in [2.24, 2.45) is 5.10 Å². The van der Waals surface area contributed by atoms with Crippen LogP contribution in [0.25, 0.3) is 0 Å². The van der Waals surface area contributed by atoms with Crippen LogP contribution in [0.3, 0.4) is 0 Å². The second kappa shape index (κ2) is 8.82. The van der Waals surface area contributed by atoms with Gasteiger partial charge in [0.2, 0.25) is 10.0 Å². The van der Waals surface area contributed by atoms with Crippen molar-refractivity contribution in [2.75, 3.05) is 31.7 Å². The molecule has 1 aliphatic heterocycles. The number of rotatable bonds is 6. The van der Waals surface area contributed by atoms with Gasteiger partial charge in [-0.1, -0.05) is 17.7 Å². The topological polar surface area (TPSA) is 114 Å². The Morgan fingerprint density at radius 2 is 2.00 bits per heavy atom. The van der Waals surface area contributed by atoms with Crippen LogP contribution < -0.4 is 5.43 Å². The van der Waals surface area contributed by atoms with Crippen LogP contribution in [0.2, 0.25) is 5.02 Å². The lowest BCUT2D eigenvalue weighted by molar-refractivity contribution is -0.384. The fourth-order valence-electron chi connectivity index (χ4n) is 2.65. The van der Waals surface area contributed by atoms with Crippen molar-refractivity contribution in [3.63, 3.8) is 0 Å². The first kappa shape index (κ1) is 21.1. The average molecular weight is 443 g/mol. The van der Waals surface area contributed by atoms with Crippen molar-refractivity contribution in [2.45, 2.75) is 4.90 Å². The highest BCUT2D eigenvalue weighted by Gasteiger charge is 2.28. The van der Waals surface area contributed by atoms with Gasteiger partial charge in [-0.05, 0) is 24.3 Å². The molecule has 12 heteroatoms. The van der Waals surface area contributed by atoms with Gasteiger partial charge in [0, 0.05) is 24.7 Å². The van der Waals surface area contributed by atoms with Crippen molar-refractivity contribution in [1.29, 1.82) is 0 Å². The molecule has 0 spiro atoms. The van der Waals surface area contributed by atoms with Crippen molar-refractivity contribution in [3.8, 4) is 0 Å². The number of morpholine rings is 1. The van der Waals surface area contributed by atoms with Gasteiger partial charge in [-0.15, -0.1) is 0 Å². The van der Waals surface area contributed by atoms with Crippen LogP contribution >= 0.6 is 11.6 Å². The summed E-state index contributed by atoms with van der Waals surface area (Å²) in [5.41, 5.74) is 1.89. The van der Waals surface area contributed by atoms with Crippen LogP contribution in [0.15, 0.2) is 46.4 Å². The van der Waals surface area contributed by atoms with Gasteiger partial charge in [-0.25, -0.2) is 12.8 Å². The van der Waals surface area contributed by atoms with Crippen LogP contribution in [0, 0.1) is 15.9 Å². The Kier molecular flexibility index (Phi) is 6.42. The number of nitro benzene ring substituents is 1. The molecule has 0 aromatic heterocycles. The zero-order valence-electron chi connectivity index (χ0n) is 14.9. The van der Waals surface area contributed by atoms with E-state index in [0.717, 1.165) is 12.3 Å². The third kappa shape index (κ3) is 4.70. The third-order valence-corrected chi connectivity index (χ3v) is 6.38. The van der Waals surface area contributed by atoms with E-state index >= 15 is 0 Å². The van der Waals surface area contributed by atoms with E-state index in [9.17, 15) is 22.9 Å². The number of hydrogen-bond acceptors (Lipinski definition) is 7. The van der Waals surface area contributed by atoms with E-state index in [4.69, 9.17) is 16.3 Å². The highest BCUT2D eigenvalue weighted by Crippen LogP contribution is 2.29. The summed E-state index contributed by atoms with van der Waals surface area (Å²) in [7, 11) is -3.89. The van der Waals surface area contributed by atoms with Crippen LogP contribution in [-0.2, 0) is 14.8 Å². The van der Waals surface area contributed by atoms with Crippen LogP contribution in [0.5, 0.6) is 0 Å². The first-order valence-electron chi connectivity index (χ1n) is 8.40. The maximum absolute atomic E-state index is 13.8. The van der Waals surface area contributed by atoms with Crippen molar-refractivity contribution < 1.29 is 22.5 Å².